The van der Waals surface area contributed by atoms with Gasteiger partial charge in [0.05, 0.1) is 24.8 Å². The van der Waals surface area contributed by atoms with Crippen LogP contribution < -0.4 is 4.74 Å². The highest BCUT2D eigenvalue weighted by atomic mass is 19.1. The summed E-state index contributed by atoms with van der Waals surface area (Å²) in [6, 6.07) is 8.57. The SMILES string of the molecule is CC1(CN2CCC(COc3ccc(-c4ccc(C(=O)N5CCCC5CO)c(F)c4)c(F)c3)CC2)CCC1. The first-order valence-corrected chi connectivity index (χ1v) is 13.7. The topological polar surface area (TPSA) is 53.0 Å². The summed E-state index contributed by atoms with van der Waals surface area (Å²) in [5.74, 6) is -0.675. The normalized spacial score (nSPS) is 22.2. The van der Waals surface area contributed by atoms with Crippen LogP contribution in [-0.4, -0.2) is 66.2 Å². The molecule has 2 aliphatic heterocycles. The number of aliphatic hydroxyl groups is 1. The van der Waals surface area contributed by atoms with E-state index in [4.69, 9.17) is 4.74 Å². The highest BCUT2D eigenvalue weighted by Gasteiger charge is 2.34. The fourth-order valence-electron chi connectivity index (χ4n) is 6.13. The lowest BCUT2D eigenvalue weighted by molar-refractivity contribution is 0.0564. The Morgan fingerprint density at radius 1 is 1.03 bits per heavy atom. The largest absolute Gasteiger partial charge is 0.493 e. The van der Waals surface area contributed by atoms with Gasteiger partial charge < -0.3 is 19.6 Å². The monoisotopic (exact) mass is 512 g/mol. The maximum Gasteiger partial charge on any atom is 0.257 e. The fraction of sp³-hybridized carbons (Fsp3) is 0.567. The molecular formula is C30H38F2N2O3. The minimum absolute atomic E-state index is 0.0581. The highest BCUT2D eigenvalue weighted by Crippen LogP contribution is 2.41. The van der Waals surface area contributed by atoms with Gasteiger partial charge in [0.25, 0.3) is 5.91 Å². The van der Waals surface area contributed by atoms with Gasteiger partial charge in [0.2, 0.25) is 0 Å². The van der Waals surface area contributed by atoms with E-state index < -0.39 is 17.5 Å². The van der Waals surface area contributed by atoms with Gasteiger partial charge in [0, 0.05) is 24.7 Å². The maximum atomic E-state index is 15.0. The van der Waals surface area contributed by atoms with E-state index in [1.165, 1.54) is 48.9 Å². The van der Waals surface area contributed by atoms with Crippen molar-refractivity contribution in [1.29, 1.82) is 0 Å². The quantitative estimate of drug-likeness (QED) is 0.507. The zero-order valence-electron chi connectivity index (χ0n) is 21.7. The third-order valence-electron chi connectivity index (χ3n) is 8.66. The number of halogens is 2. The first-order chi connectivity index (χ1) is 17.8. The molecule has 3 aliphatic rings. The molecule has 3 fully saturated rings. The number of aliphatic hydroxyl groups excluding tert-OH is 1. The molecule has 2 heterocycles. The van der Waals surface area contributed by atoms with E-state index in [1.807, 2.05) is 0 Å². The predicted octanol–water partition coefficient (Wildman–Crippen LogP) is 5.51. The summed E-state index contributed by atoms with van der Waals surface area (Å²) >= 11 is 0. The van der Waals surface area contributed by atoms with Crippen molar-refractivity contribution >= 4 is 5.91 Å². The Bertz CT molecular complexity index is 1110. The fourth-order valence-corrected chi connectivity index (χ4v) is 6.13. The third kappa shape index (κ3) is 5.83. The molecule has 37 heavy (non-hydrogen) atoms. The highest BCUT2D eigenvalue weighted by molar-refractivity contribution is 5.95. The lowest BCUT2D eigenvalue weighted by atomic mass is 9.70. The molecule has 1 atom stereocenters. The molecule has 5 rings (SSSR count). The van der Waals surface area contributed by atoms with Crippen LogP contribution in [0.25, 0.3) is 11.1 Å². The van der Waals surface area contributed by atoms with Gasteiger partial charge in [-0.25, -0.2) is 8.78 Å². The van der Waals surface area contributed by atoms with Gasteiger partial charge in [-0.05, 0) is 92.8 Å². The van der Waals surface area contributed by atoms with E-state index in [1.54, 1.807) is 18.2 Å². The van der Waals surface area contributed by atoms with Crippen LogP contribution in [0.3, 0.4) is 0 Å². The van der Waals surface area contributed by atoms with E-state index in [0.29, 0.717) is 42.2 Å². The van der Waals surface area contributed by atoms with Crippen molar-refractivity contribution in [3.63, 3.8) is 0 Å². The Kier molecular flexibility index (Phi) is 7.82. The summed E-state index contributed by atoms with van der Waals surface area (Å²) in [7, 11) is 0. The number of carbonyl (C=O) groups excluding carboxylic acids is 1. The number of hydrogen-bond donors (Lipinski definition) is 1. The standard InChI is InChI=1S/C30H38F2N2O3/c1-30(11-3-12-30)20-33-14-9-21(10-15-33)19-37-24-6-8-25(28(32)17-24)22-5-7-26(27(31)16-22)29(36)34-13-2-4-23(34)18-35/h5-8,16-17,21,23,35H,2-4,9-15,18-20H2,1H3. The molecule has 2 aromatic carbocycles. The van der Waals surface area contributed by atoms with Crippen molar-refractivity contribution in [2.75, 3.05) is 39.4 Å². The molecule has 0 aromatic heterocycles. The number of benzene rings is 2. The smallest absolute Gasteiger partial charge is 0.257 e. The Morgan fingerprint density at radius 3 is 2.46 bits per heavy atom. The molecule has 1 amide bonds. The first-order valence-electron chi connectivity index (χ1n) is 13.7. The van der Waals surface area contributed by atoms with Gasteiger partial charge in [0.15, 0.2) is 0 Å². The molecular weight excluding hydrogens is 474 g/mol. The van der Waals surface area contributed by atoms with Crippen molar-refractivity contribution in [1.82, 2.24) is 9.80 Å². The van der Waals surface area contributed by atoms with Gasteiger partial charge >= 0.3 is 0 Å². The first kappa shape index (κ1) is 26.1. The van der Waals surface area contributed by atoms with Crippen LogP contribution in [-0.2, 0) is 0 Å². The number of amides is 1. The molecule has 1 unspecified atom stereocenters. The van der Waals surface area contributed by atoms with Crippen LogP contribution in [0.4, 0.5) is 8.78 Å². The third-order valence-corrected chi connectivity index (χ3v) is 8.66. The van der Waals surface area contributed by atoms with E-state index in [-0.39, 0.29) is 23.8 Å². The minimum atomic E-state index is -0.691. The van der Waals surface area contributed by atoms with Crippen molar-refractivity contribution in [3.8, 4) is 16.9 Å². The van der Waals surface area contributed by atoms with Gasteiger partial charge in [-0.15, -0.1) is 0 Å². The molecule has 1 saturated carbocycles. The van der Waals surface area contributed by atoms with Crippen molar-refractivity contribution in [2.45, 2.75) is 57.9 Å². The number of likely N-dealkylation sites (tertiary alicyclic amines) is 2. The van der Waals surface area contributed by atoms with E-state index in [2.05, 4.69) is 11.8 Å². The summed E-state index contributed by atoms with van der Waals surface area (Å²) < 4.78 is 35.8. The molecule has 200 valence electrons. The molecule has 2 aromatic rings. The molecule has 1 N–H and O–H groups in total. The molecule has 0 spiro atoms. The molecule has 7 heteroatoms. The zero-order chi connectivity index (χ0) is 26.0. The van der Waals surface area contributed by atoms with Gasteiger partial charge in [-0.2, -0.15) is 0 Å². The lowest BCUT2D eigenvalue weighted by Gasteiger charge is -2.44. The van der Waals surface area contributed by atoms with E-state index in [9.17, 15) is 18.7 Å². The van der Waals surface area contributed by atoms with E-state index >= 15 is 0 Å². The number of carbonyl (C=O) groups is 1. The average Bonchev–Trinajstić information content (AvgIpc) is 3.36. The number of nitrogens with zero attached hydrogens (tertiary/aromatic N) is 2. The number of piperidine rings is 1. The molecule has 1 aliphatic carbocycles. The number of hydrogen-bond acceptors (Lipinski definition) is 4. The Labute approximate surface area is 218 Å². The maximum absolute atomic E-state index is 15.0. The average molecular weight is 513 g/mol. The van der Waals surface area contributed by atoms with Crippen LogP contribution in [0.15, 0.2) is 36.4 Å². The van der Waals surface area contributed by atoms with Gasteiger partial charge in [-0.3, -0.25) is 4.79 Å². The second-order valence-corrected chi connectivity index (χ2v) is 11.5. The number of rotatable bonds is 8. The van der Waals surface area contributed by atoms with Crippen LogP contribution >= 0.6 is 0 Å². The van der Waals surface area contributed by atoms with Crippen molar-refractivity contribution in [3.05, 3.63) is 53.6 Å². The van der Waals surface area contributed by atoms with Gasteiger partial charge in [-0.1, -0.05) is 19.4 Å². The van der Waals surface area contributed by atoms with Crippen LogP contribution in [0.5, 0.6) is 5.75 Å². The summed E-state index contributed by atoms with van der Waals surface area (Å²) in [6.07, 6.45) is 7.73. The predicted molar refractivity (Wildman–Crippen MR) is 140 cm³/mol. The van der Waals surface area contributed by atoms with Crippen molar-refractivity contribution in [2.24, 2.45) is 11.3 Å². The Morgan fingerprint density at radius 2 is 1.81 bits per heavy atom. The summed E-state index contributed by atoms with van der Waals surface area (Å²) in [5.41, 5.74) is 1.08. The molecule has 0 bridgehead atoms. The van der Waals surface area contributed by atoms with Crippen molar-refractivity contribution < 1.29 is 23.4 Å². The molecule has 2 saturated heterocycles. The Hall–Kier alpha value is -2.51. The summed E-state index contributed by atoms with van der Waals surface area (Å²) in [4.78, 5) is 16.9. The van der Waals surface area contributed by atoms with Crippen LogP contribution in [0.2, 0.25) is 0 Å². The van der Waals surface area contributed by atoms with E-state index in [0.717, 1.165) is 32.4 Å². The summed E-state index contributed by atoms with van der Waals surface area (Å²) in [5, 5.41) is 9.48. The second kappa shape index (κ2) is 11.1. The zero-order valence-corrected chi connectivity index (χ0v) is 21.7. The molecule has 0 radical (unpaired) electrons. The number of ether oxygens (including phenoxy) is 1. The van der Waals surface area contributed by atoms with Gasteiger partial charge in [0.1, 0.15) is 17.4 Å². The van der Waals surface area contributed by atoms with Crippen LogP contribution in [0.1, 0.15) is 62.2 Å². The summed E-state index contributed by atoms with van der Waals surface area (Å²) in [6.45, 7) is 6.72. The lowest BCUT2D eigenvalue weighted by Crippen LogP contribution is -2.44. The van der Waals surface area contributed by atoms with Crippen LogP contribution in [0, 0.1) is 23.0 Å². The minimum Gasteiger partial charge on any atom is -0.493 e. The second-order valence-electron chi connectivity index (χ2n) is 11.5. The Balaban J connectivity index is 1.16. The molecule has 5 nitrogen and oxygen atoms in total.